The fourth-order valence-electron chi connectivity index (χ4n) is 0.867. The minimum atomic E-state index is -0.262. The molecule has 0 unspecified atom stereocenters. The van der Waals surface area contributed by atoms with Crippen LogP contribution in [0.2, 0.25) is 5.02 Å². The molecular weight excluding hydrogens is 202 g/mol. The normalized spacial score (nSPS) is 9.29. The Morgan fingerprint density at radius 3 is 2.57 bits per heavy atom. The fourth-order valence-corrected chi connectivity index (χ4v) is 0.993. The second-order valence-corrected chi connectivity index (χ2v) is 3.05. The first-order valence-electron chi connectivity index (χ1n) is 4.28. The summed E-state index contributed by atoms with van der Waals surface area (Å²) in [4.78, 5) is 11.0. The van der Waals surface area contributed by atoms with Crippen LogP contribution < -0.4 is 16.2 Å². The average Bonchev–Trinajstić information content (AvgIpc) is 2.17. The number of hydrogen-bond donors (Lipinski definition) is 3. The number of rotatable bonds is 3. The fraction of sp³-hybridized carbons (Fsp3) is 0.222. The number of nitrogens with one attached hydrogen (secondary N) is 3. The van der Waals surface area contributed by atoms with Crippen LogP contribution in [0.3, 0.4) is 0 Å². The molecule has 0 aliphatic rings. The minimum absolute atomic E-state index is 0.262. The Balaban J connectivity index is 2.38. The van der Waals surface area contributed by atoms with E-state index in [2.05, 4.69) is 16.2 Å². The molecule has 0 atom stereocenters. The van der Waals surface area contributed by atoms with Gasteiger partial charge in [0.25, 0.3) is 0 Å². The summed E-state index contributed by atoms with van der Waals surface area (Å²) >= 11 is 5.70. The molecule has 2 amide bonds. The maximum Gasteiger partial charge on any atom is 0.333 e. The minimum Gasteiger partial charge on any atom is -0.337 e. The van der Waals surface area contributed by atoms with Crippen molar-refractivity contribution in [1.29, 1.82) is 0 Å². The maximum atomic E-state index is 11.0. The predicted molar refractivity (Wildman–Crippen MR) is 57.3 cm³/mol. The van der Waals surface area contributed by atoms with Gasteiger partial charge in [-0.25, -0.2) is 4.79 Å². The number of anilines is 1. The van der Waals surface area contributed by atoms with Crippen LogP contribution in [-0.4, -0.2) is 12.6 Å². The van der Waals surface area contributed by atoms with Gasteiger partial charge in [-0.1, -0.05) is 11.6 Å². The van der Waals surface area contributed by atoms with Crippen molar-refractivity contribution < 1.29 is 4.79 Å². The molecule has 3 N–H and O–H groups in total. The number of carbonyl (C=O) groups excluding carboxylic acids is 1. The Hall–Kier alpha value is -1.42. The van der Waals surface area contributed by atoms with Crippen LogP contribution in [0, 0.1) is 0 Å². The van der Waals surface area contributed by atoms with E-state index in [9.17, 15) is 4.79 Å². The number of hydrazine groups is 1. The van der Waals surface area contributed by atoms with Gasteiger partial charge in [-0.3, -0.25) is 10.9 Å². The Morgan fingerprint density at radius 2 is 2.00 bits per heavy atom. The highest BCUT2D eigenvalue weighted by molar-refractivity contribution is 6.30. The molecule has 1 aromatic rings. The molecule has 5 heteroatoms. The number of hydrogen-bond acceptors (Lipinski definition) is 2. The van der Waals surface area contributed by atoms with Crippen molar-refractivity contribution >= 4 is 23.3 Å². The van der Waals surface area contributed by atoms with Gasteiger partial charge in [-0.05, 0) is 31.2 Å². The molecule has 4 nitrogen and oxygen atoms in total. The van der Waals surface area contributed by atoms with E-state index in [1.807, 2.05) is 6.92 Å². The van der Waals surface area contributed by atoms with E-state index in [0.29, 0.717) is 11.6 Å². The molecule has 76 valence electrons. The molecule has 0 fully saturated rings. The Morgan fingerprint density at radius 1 is 1.36 bits per heavy atom. The highest BCUT2D eigenvalue weighted by Crippen LogP contribution is 2.12. The van der Waals surface area contributed by atoms with Crippen LogP contribution in [0.15, 0.2) is 24.3 Å². The zero-order valence-corrected chi connectivity index (χ0v) is 8.56. The lowest BCUT2D eigenvalue weighted by Gasteiger charge is -2.08. The first kappa shape index (κ1) is 10.7. The topological polar surface area (TPSA) is 53.2 Å². The third kappa shape index (κ3) is 3.53. The predicted octanol–water partition coefficient (Wildman–Crippen LogP) is 1.99. The average molecular weight is 214 g/mol. The van der Waals surface area contributed by atoms with E-state index in [0.717, 1.165) is 5.69 Å². The number of benzene rings is 1. The van der Waals surface area contributed by atoms with Crippen molar-refractivity contribution in [3.63, 3.8) is 0 Å². The van der Waals surface area contributed by atoms with E-state index in [4.69, 9.17) is 11.6 Å². The van der Waals surface area contributed by atoms with Crippen LogP contribution in [-0.2, 0) is 0 Å². The molecule has 0 radical (unpaired) electrons. The lowest BCUT2D eigenvalue weighted by molar-refractivity contribution is 0.243. The van der Waals surface area contributed by atoms with Crippen LogP contribution >= 0.6 is 11.6 Å². The molecule has 0 heterocycles. The van der Waals surface area contributed by atoms with Gasteiger partial charge in [-0.15, -0.1) is 0 Å². The van der Waals surface area contributed by atoms with Crippen molar-refractivity contribution in [2.24, 2.45) is 0 Å². The van der Waals surface area contributed by atoms with E-state index in [-0.39, 0.29) is 6.03 Å². The molecule has 0 aromatic heterocycles. The summed E-state index contributed by atoms with van der Waals surface area (Å²) in [5.41, 5.74) is 5.99. The van der Waals surface area contributed by atoms with Gasteiger partial charge < -0.3 is 5.32 Å². The molecule has 0 spiro atoms. The second-order valence-electron chi connectivity index (χ2n) is 2.62. The molecule has 1 rings (SSSR count). The van der Waals surface area contributed by atoms with Gasteiger partial charge in [0, 0.05) is 11.6 Å². The van der Waals surface area contributed by atoms with Gasteiger partial charge in [0.1, 0.15) is 0 Å². The number of amides is 2. The highest BCUT2D eigenvalue weighted by Gasteiger charge is 1.96. The van der Waals surface area contributed by atoms with Crippen LogP contribution in [0.5, 0.6) is 0 Å². The molecule has 0 bridgehead atoms. The molecular formula is C9H12ClN3O. The zero-order chi connectivity index (χ0) is 10.4. The first-order chi connectivity index (χ1) is 6.72. The number of halogens is 1. The van der Waals surface area contributed by atoms with Crippen molar-refractivity contribution in [1.82, 2.24) is 10.7 Å². The summed E-state index contributed by atoms with van der Waals surface area (Å²) in [5, 5.41) is 3.25. The summed E-state index contributed by atoms with van der Waals surface area (Å²) in [7, 11) is 0. The molecule has 1 aromatic carbocycles. The van der Waals surface area contributed by atoms with Crippen LogP contribution in [0.4, 0.5) is 10.5 Å². The van der Waals surface area contributed by atoms with Crippen LogP contribution in [0.1, 0.15) is 6.92 Å². The standard InChI is InChI=1S/C9H12ClN3O/c1-2-11-9(14)13-12-8-5-3-7(10)4-6-8/h3-6,12H,2H2,1H3,(H2,11,13,14). The lowest BCUT2D eigenvalue weighted by atomic mass is 10.3. The van der Waals surface area contributed by atoms with Crippen molar-refractivity contribution in [2.75, 3.05) is 12.0 Å². The molecule has 0 aliphatic heterocycles. The number of urea groups is 1. The van der Waals surface area contributed by atoms with Gasteiger partial charge in [0.2, 0.25) is 0 Å². The first-order valence-corrected chi connectivity index (χ1v) is 4.65. The monoisotopic (exact) mass is 213 g/mol. The molecule has 14 heavy (non-hydrogen) atoms. The van der Waals surface area contributed by atoms with Crippen molar-refractivity contribution in [2.45, 2.75) is 6.92 Å². The van der Waals surface area contributed by atoms with Crippen molar-refractivity contribution in [3.8, 4) is 0 Å². The highest BCUT2D eigenvalue weighted by atomic mass is 35.5. The van der Waals surface area contributed by atoms with Gasteiger partial charge >= 0.3 is 6.03 Å². The van der Waals surface area contributed by atoms with E-state index >= 15 is 0 Å². The van der Waals surface area contributed by atoms with E-state index in [1.54, 1.807) is 24.3 Å². The summed E-state index contributed by atoms with van der Waals surface area (Å²) < 4.78 is 0. The largest absolute Gasteiger partial charge is 0.337 e. The maximum absolute atomic E-state index is 11.0. The van der Waals surface area contributed by atoms with Crippen molar-refractivity contribution in [3.05, 3.63) is 29.3 Å². The summed E-state index contributed by atoms with van der Waals surface area (Å²) in [6.45, 7) is 2.44. The molecule has 0 saturated heterocycles. The van der Waals surface area contributed by atoms with Gasteiger partial charge in [0.15, 0.2) is 0 Å². The van der Waals surface area contributed by atoms with Gasteiger partial charge in [0.05, 0.1) is 5.69 Å². The lowest BCUT2D eigenvalue weighted by Crippen LogP contribution is -2.38. The summed E-state index contributed by atoms with van der Waals surface area (Å²) in [5.74, 6) is 0. The summed E-state index contributed by atoms with van der Waals surface area (Å²) in [6.07, 6.45) is 0. The number of carbonyl (C=O) groups is 1. The Labute approximate surface area is 87.6 Å². The second kappa shape index (κ2) is 5.34. The molecule has 0 saturated carbocycles. The SMILES string of the molecule is CCNC(=O)NNc1ccc(Cl)cc1. The van der Waals surface area contributed by atoms with E-state index < -0.39 is 0 Å². The quantitative estimate of drug-likeness (QED) is 0.673. The zero-order valence-electron chi connectivity index (χ0n) is 7.80. The molecule has 0 aliphatic carbocycles. The van der Waals surface area contributed by atoms with Gasteiger partial charge in [-0.2, -0.15) is 0 Å². The Bertz CT molecular complexity index is 299. The van der Waals surface area contributed by atoms with Crippen LogP contribution in [0.25, 0.3) is 0 Å². The van der Waals surface area contributed by atoms with E-state index in [1.165, 1.54) is 0 Å². The third-order valence-electron chi connectivity index (χ3n) is 1.50. The summed E-state index contributed by atoms with van der Waals surface area (Å²) in [6, 6.07) is 6.76. The smallest absolute Gasteiger partial charge is 0.333 e. The Kier molecular flexibility index (Phi) is 4.07. The third-order valence-corrected chi connectivity index (χ3v) is 1.75.